The molecule has 2 nitrogen and oxygen atoms in total. The zero-order valence-electron chi connectivity index (χ0n) is 6.83. The minimum Gasteiger partial charge on any atom is -0.481 e. The summed E-state index contributed by atoms with van der Waals surface area (Å²) in [4.78, 5) is 0. The van der Waals surface area contributed by atoms with Crippen LogP contribution in [-0.4, -0.2) is 6.61 Å². The van der Waals surface area contributed by atoms with Crippen molar-refractivity contribution in [2.75, 3.05) is 6.61 Å². The van der Waals surface area contributed by atoms with Gasteiger partial charge in [-0.15, -0.1) is 6.42 Å². The summed E-state index contributed by atoms with van der Waals surface area (Å²) in [7, 11) is 0. The van der Waals surface area contributed by atoms with Crippen LogP contribution in [0.25, 0.3) is 0 Å². The first-order chi connectivity index (χ1) is 5.72. The van der Waals surface area contributed by atoms with Crippen LogP contribution in [0.1, 0.15) is 5.56 Å². The molecule has 0 fully saturated rings. The van der Waals surface area contributed by atoms with Gasteiger partial charge in [-0.3, -0.25) is 5.11 Å². The van der Waals surface area contributed by atoms with Gasteiger partial charge in [-0.25, -0.2) is 0 Å². The lowest BCUT2D eigenvalue weighted by Gasteiger charge is -2.02. The third kappa shape index (κ3) is 2.21. The number of aryl methyl sites for hydroxylation is 1. The first kappa shape index (κ1) is 8.48. The van der Waals surface area contributed by atoms with E-state index in [-0.39, 0.29) is 12.4 Å². The molecule has 0 aromatic heterocycles. The molecule has 12 heavy (non-hydrogen) atoms. The molecule has 0 heterocycles. The summed E-state index contributed by atoms with van der Waals surface area (Å²) in [5.41, 5.74) is 0.884. The molecule has 0 aliphatic heterocycles. The van der Waals surface area contributed by atoms with Gasteiger partial charge in [-0.05, 0) is 24.6 Å². The van der Waals surface area contributed by atoms with E-state index in [0.29, 0.717) is 5.75 Å². The van der Waals surface area contributed by atoms with Crippen molar-refractivity contribution < 1.29 is 9.84 Å². The summed E-state index contributed by atoms with van der Waals surface area (Å²) in [6, 6.07) is 4.74. The first-order valence-corrected chi connectivity index (χ1v) is 3.57. The average molecular weight is 161 g/mol. The number of ether oxygens (including phenoxy) is 1. The molecule has 1 aromatic carbocycles. The Bertz CT molecular complexity index is 290. The molecule has 0 aliphatic rings. The van der Waals surface area contributed by atoms with E-state index < -0.39 is 0 Å². The Balaban J connectivity index is 2.80. The van der Waals surface area contributed by atoms with Crippen molar-refractivity contribution in [1.29, 1.82) is 0 Å². The minimum atomic E-state index is -0.0537. The Morgan fingerprint density at radius 3 is 2.83 bits per heavy atom. The van der Waals surface area contributed by atoms with Crippen LogP contribution in [0.15, 0.2) is 18.2 Å². The standard InChI is InChI=1S/C10H9O2/c1-3-4-12-10-6-8(2)5-9(11)7-10/h1,5-7H,4H2,2H3. The Kier molecular flexibility index (Phi) is 2.60. The van der Waals surface area contributed by atoms with E-state index in [1.807, 2.05) is 6.92 Å². The van der Waals surface area contributed by atoms with Crippen LogP contribution in [0.3, 0.4) is 0 Å². The van der Waals surface area contributed by atoms with Gasteiger partial charge in [0.05, 0.1) is 0 Å². The van der Waals surface area contributed by atoms with Crippen LogP contribution in [0.2, 0.25) is 0 Å². The van der Waals surface area contributed by atoms with E-state index in [9.17, 15) is 5.11 Å². The quantitative estimate of drug-likeness (QED) is 0.611. The fourth-order valence-corrected chi connectivity index (χ4v) is 0.922. The highest BCUT2D eigenvalue weighted by Gasteiger charge is 1.98. The maximum Gasteiger partial charge on any atom is 0.182 e. The fraction of sp³-hybridized carbons (Fsp3) is 0.200. The molecule has 0 atom stereocenters. The van der Waals surface area contributed by atoms with E-state index >= 15 is 0 Å². The first-order valence-electron chi connectivity index (χ1n) is 3.57. The van der Waals surface area contributed by atoms with Crippen molar-refractivity contribution >= 4 is 0 Å². The van der Waals surface area contributed by atoms with E-state index in [1.165, 1.54) is 6.07 Å². The van der Waals surface area contributed by atoms with Crippen LogP contribution >= 0.6 is 0 Å². The van der Waals surface area contributed by atoms with Crippen molar-refractivity contribution in [2.24, 2.45) is 0 Å². The Morgan fingerprint density at radius 1 is 1.50 bits per heavy atom. The second kappa shape index (κ2) is 3.68. The minimum absolute atomic E-state index is 0.0537. The lowest BCUT2D eigenvalue weighted by molar-refractivity contribution is 0.340. The molecule has 0 unspecified atom stereocenters. The van der Waals surface area contributed by atoms with Gasteiger partial charge in [0, 0.05) is 6.07 Å². The van der Waals surface area contributed by atoms with Crippen LogP contribution in [-0.2, 0) is 5.11 Å². The zero-order valence-corrected chi connectivity index (χ0v) is 6.83. The molecule has 1 aromatic rings. The van der Waals surface area contributed by atoms with Gasteiger partial charge in [0.1, 0.15) is 12.4 Å². The highest BCUT2D eigenvalue weighted by atomic mass is 16.5. The Morgan fingerprint density at radius 2 is 2.25 bits per heavy atom. The molecule has 2 heteroatoms. The summed E-state index contributed by atoms with van der Waals surface area (Å²) < 4.78 is 5.08. The van der Waals surface area contributed by atoms with Gasteiger partial charge in [0.25, 0.3) is 0 Å². The topological polar surface area (TPSA) is 29.1 Å². The second-order valence-corrected chi connectivity index (χ2v) is 2.47. The number of hydrogen-bond donors (Lipinski definition) is 0. The third-order valence-corrected chi connectivity index (χ3v) is 1.35. The molecule has 1 radical (unpaired) electrons. The van der Waals surface area contributed by atoms with E-state index in [2.05, 4.69) is 5.92 Å². The van der Waals surface area contributed by atoms with Gasteiger partial charge in [0.15, 0.2) is 5.75 Å². The number of rotatable bonds is 2. The summed E-state index contributed by atoms with van der Waals surface area (Å²) in [6.07, 6.45) is 5.00. The van der Waals surface area contributed by atoms with Crippen LogP contribution < -0.4 is 4.74 Å². The maximum absolute atomic E-state index is 10.9. The van der Waals surface area contributed by atoms with Crippen molar-refractivity contribution in [3.8, 4) is 23.8 Å². The lowest BCUT2D eigenvalue weighted by Crippen LogP contribution is -1.93. The monoisotopic (exact) mass is 161 g/mol. The molecular formula is C10H9O2. The van der Waals surface area contributed by atoms with Crippen LogP contribution in [0, 0.1) is 19.3 Å². The molecule has 0 amide bonds. The Hall–Kier alpha value is -1.62. The smallest absolute Gasteiger partial charge is 0.182 e. The predicted octanol–water partition coefficient (Wildman–Crippen LogP) is 2.15. The largest absolute Gasteiger partial charge is 0.481 e. The normalized spacial score (nSPS) is 9.00. The lowest BCUT2D eigenvalue weighted by atomic mass is 10.2. The van der Waals surface area contributed by atoms with Gasteiger partial charge in [-0.2, -0.15) is 0 Å². The molecule has 0 saturated heterocycles. The maximum atomic E-state index is 10.9. The SMILES string of the molecule is C#CCOc1cc(C)cc([O])c1. The predicted molar refractivity (Wildman–Crippen MR) is 45.6 cm³/mol. The summed E-state index contributed by atoms with van der Waals surface area (Å²) in [5, 5.41) is 10.9. The molecule has 1 rings (SSSR count). The third-order valence-electron chi connectivity index (χ3n) is 1.35. The highest BCUT2D eigenvalue weighted by molar-refractivity contribution is 5.36. The number of terminal acetylenes is 1. The van der Waals surface area contributed by atoms with Crippen molar-refractivity contribution in [3.63, 3.8) is 0 Å². The second-order valence-electron chi connectivity index (χ2n) is 2.47. The average Bonchev–Trinajstić information content (AvgIpc) is 1.99. The van der Waals surface area contributed by atoms with Gasteiger partial charge < -0.3 is 4.74 Å². The van der Waals surface area contributed by atoms with E-state index in [1.54, 1.807) is 12.1 Å². The molecule has 0 saturated carbocycles. The van der Waals surface area contributed by atoms with Gasteiger partial charge >= 0.3 is 0 Å². The molecule has 0 bridgehead atoms. The molecule has 0 spiro atoms. The van der Waals surface area contributed by atoms with Crippen molar-refractivity contribution in [1.82, 2.24) is 0 Å². The highest BCUT2D eigenvalue weighted by Crippen LogP contribution is 2.21. The summed E-state index contributed by atoms with van der Waals surface area (Å²) >= 11 is 0. The van der Waals surface area contributed by atoms with Gasteiger partial charge in [0.2, 0.25) is 0 Å². The van der Waals surface area contributed by atoms with Crippen molar-refractivity contribution in [2.45, 2.75) is 6.92 Å². The van der Waals surface area contributed by atoms with Crippen LogP contribution in [0.5, 0.6) is 11.5 Å². The fourth-order valence-electron chi connectivity index (χ4n) is 0.922. The van der Waals surface area contributed by atoms with E-state index in [4.69, 9.17) is 11.2 Å². The molecule has 61 valence electrons. The zero-order chi connectivity index (χ0) is 8.97. The molecule has 0 aliphatic carbocycles. The van der Waals surface area contributed by atoms with E-state index in [0.717, 1.165) is 5.56 Å². The van der Waals surface area contributed by atoms with Gasteiger partial charge in [-0.1, -0.05) is 5.92 Å². The molecule has 0 N–H and O–H groups in total. The Labute approximate surface area is 71.8 Å². The summed E-state index contributed by atoms with van der Waals surface area (Å²) in [6.45, 7) is 2.03. The number of benzene rings is 1. The molecular weight excluding hydrogens is 152 g/mol. The van der Waals surface area contributed by atoms with Crippen LogP contribution in [0.4, 0.5) is 0 Å². The van der Waals surface area contributed by atoms with Crippen molar-refractivity contribution in [3.05, 3.63) is 23.8 Å². The summed E-state index contributed by atoms with van der Waals surface area (Å²) in [5.74, 6) is 2.82. The number of hydrogen-bond acceptors (Lipinski definition) is 1.